The normalized spacial score (nSPS) is 15.2. The summed E-state index contributed by atoms with van der Waals surface area (Å²) in [5.41, 5.74) is 1.44. The van der Waals surface area contributed by atoms with E-state index in [4.69, 9.17) is 9.47 Å². The molecule has 0 atom stereocenters. The van der Waals surface area contributed by atoms with Gasteiger partial charge in [0, 0.05) is 18.1 Å². The van der Waals surface area contributed by atoms with Gasteiger partial charge in [-0.15, -0.1) is 0 Å². The molecule has 86 valence electrons. The molecule has 0 bridgehead atoms. The van der Waals surface area contributed by atoms with Crippen LogP contribution in [0.4, 0.5) is 0 Å². The minimum atomic E-state index is 0.0877. The van der Waals surface area contributed by atoms with Crippen LogP contribution in [0.5, 0.6) is 11.6 Å². The first-order valence-corrected chi connectivity index (χ1v) is 5.41. The largest absolute Gasteiger partial charge is 0.496 e. The molecule has 1 aromatic heterocycles. The molecule has 1 aliphatic carbocycles. The van der Waals surface area contributed by atoms with E-state index in [-0.39, 0.29) is 5.78 Å². The van der Waals surface area contributed by atoms with E-state index in [1.165, 1.54) is 7.11 Å². The van der Waals surface area contributed by atoms with Gasteiger partial charge in [0.1, 0.15) is 11.4 Å². The summed E-state index contributed by atoms with van der Waals surface area (Å²) in [5, 5.41) is 0. The number of ether oxygens (including phenoxy) is 2. The number of hydrogen-bond donors (Lipinski definition) is 0. The molecule has 0 aromatic carbocycles. The van der Waals surface area contributed by atoms with Crippen molar-refractivity contribution in [3.63, 3.8) is 0 Å². The second kappa shape index (κ2) is 4.51. The van der Waals surface area contributed by atoms with Crippen LogP contribution in [0.3, 0.4) is 0 Å². The van der Waals surface area contributed by atoms with Crippen LogP contribution in [0, 0.1) is 0 Å². The maximum Gasteiger partial charge on any atom is 0.217 e. The Morgan fingerprint density at radius 2 is 1.94 bits per heavy atom. The molecule has 2 rings (SSSR count). The number of hydrogen-bond acceptors (Lipinski definition) is 4. The third-order valence-corrected chi connectivity index (χ3v) is 2.83. The zero-order valence-electron chi connectivity index (χ0n) is 9.58. The van der Waals surface area contributed by atoms with Crippen molar-refractivity contribution in [2.75, 3.05) is 14.2 Å². The predicted molar refractivity (Wildman–Crippen MR) is 59.2 cm³/mol. The molecule has 1 aliphatic rings. The number of nitrogens with zero attached hydrogens (tertiary/aromatic N) is 1. The number of methoxy groups -OCH3 is 2. The average Bonchev–Trinajstić information content (AvgIpc) is 2.50. The van der Waals surface area contributed by atoms with Crippen LogP contribution in [0.2, 0.25) is 0 Å². The van der Waals surface area contributed by atoms with Gasteiger partial charge in [0.15, 0.2) is 5.78 Å². The lowest BCUT2D eigenvalue weighted by Gasteiger charge is -2.11. The summed E-state index contributed by atoms with van der Waals surface area (Å²) >= 11 is 0. The van der Waals surface area contributed by atoms with Gasteiger partial charge >= 0.3 is 0 Å². The van der Waals surface area contributed by atoms with Crippen LogP contribution in [-0.4, -0.2) is 25.0 Å². The molecule has 0 saturated carbocycles. The van der Waals surface area contributed by atoms with Gasteiger partial charge in [0.25, 0.3) is 0 Å². The van der Waals surface area contributed by atoms with Gasteiger partial charge in [-0.3, -0.25) is 4.79 Å². The van der Waals surface area contributed by atoms with E-state index in [0.29, 0.717) is 23.7 Å². The highest BCUT2D eigenvalue weighted by atomic mass is 16.5. The maximum atomic E-state index is 11.9. The molecule has 4 heteroatoms. The number of ketones is 1. The number of rotatable bonds is 2. The summed E-state index contributed by atoms with van der Waals surface area (Å²) in [5.74, 6) is 1.23. The van der Waals surface area contributed by atoms with Crippen molar-refractivity contribution in [3.05, 3.63) is 17.3 Å². The summed E-state index contributed by atoms with van der Waals surface area (Å²) in [4.78, 5) is 16.1. The van der Waals surface area contributed by atoms with Crippen molar-refractivity contribution in [2.45, 2.75) is 25.7 Å². The molecule has 0 radical (unpaired) electrons. The van der Waals surface area contributed by atoms with E-state index in [2.05, 4.69) is 4.98 Å². The van der Waals surface area contributed by atoms with Crippen LogP contribution in [0.25, 0.3) is 0 Å². The van der Waals surface area contributed by atoms with Crippen molar-refractivity contribution in [1.29, 1.82) is 0 Å². The number of Topliss-reactive ketones (excluding diaryl/α,β-unsaturated/α-hetero) is 1. The topological polar surface area (TPSA) is 48.4 Å². The summed E-state index contributed by atoms with van der Waals surface area (Å²) in [7, 11) is 3.14. The Morgan fingerprint density at radius 1 is 1.19 bits per heavy atom. The molecule has 1 heterocycles. The van der Waals surface area contributed by atoms with Crippen molar-refractivity contribution in [2.24, 2.45) is 0 Å². The molecular weight excluding hydrogens is 206 g/mol. The van der Waals surface area contributed by atoms with Crippen molar-refractivity contribution < 1.29 is 14.3 Å². The zero-order chi connectivity index (χ0) is 11.5. The number of carbonyl (C=O) groups is 1. The van der Waals surface area contributed by atoms with Crippen LogP contribution >= 0.6 is 0 Å². The standard InChI is InChI=1S/C12H15NO3/c1-15-10-7-11(16-2)13-12-8(10)5-3-4-6-9(12)14/h7H,3-6H2,1-2H3. The lowest BCUT2D eigenvalue weighted by atomic mass is 10.1. The fraction of sp³-hybridized carbons (Fsp3) is 0.500. The van der Waals surface area contributed by atoms with E-state index in [1.807, 2.05) is 0 Å². The van der Waals surface area contributed by atoms with Gasteiger partial charge in [-0.1, -0.05) is 0 Å². The Balaban J connectivity index is 2.56. The third kappa shape index (κ3) is 1.87. The first kappa shape index (κ1) is 10.9. The Labute approximate surface area is 94.6 Å². The van der Waals surface area contributed by atoms with Gasteiger partial charge in [0.2, 0.25) is 5.88 Å². The van der Waals surface area contributed by atoms with Gasteiger partial charge in [-0.05, 0) is 19.3 Å². The SMILES string of the molecule is COc1cc(OC)c2c(n1)C(=O)CCCC2. The quantitative estimate of drug-likeness (QED) is 0.717. The Bertz CT molecular complexity index is 415. The molecule has 0 spiro atoms. The van der Waals surface area contributed by atoms with Crippen molar-refractivity contribution in [1.82, 2.24) is 4.98 Å². The highest BCUT2D eigenvalue weighted by Crippen LogP contribution is 2.30. The van der Waals surface area contributed by atoms with Gasteiger partial charge in [0.05, 0.1) is 14.2 Å². The molecule has 0 aliphatic heterocycles. The first-order valence-electron chi connectivity index (χ1n) is 5.41. The van der Waals surface area contributed by atoms with E-state index < -0.39 is 0 Å². The lowest BCUT2D eigenvalue weighted by Crippen LogP contribution is -2.07. The second-order valence-corrected chi connectivity index (χ2v) is 3.82. The van der Waals surface area contributed by atoms with Crippen molar-refractivity contribution in [3.8, 4) is 11.6 Å². The Kier molecular flexibility index (Phi) is 3.08. The third-order valence-electron chi connectivity index (χ3n) is 2.83. The fourth-order valence-electron chi connectivity index (χ4n) is 1.99. The number of pyridine rings is 1. The molecule has 0 unspecified atom stereocenters. The molecular formula is C12H15NO3. The molecule has 0 amide bonds. The van der Waals surface area contributed by atoms with Crippen LogP contribution in [0.1, 0.15) is 35.3 Å². The zero-order valence-corrected chi connectivity index (χ0v) is 9.58. The molecule has 4 nitrogen and oxygen atoms in total. The first-order chi connectivity index (χ1) is 7.76. The van der Waals surface area contributed by atoms with Gasteiger partial charge < -0.3 is 9.47 Å². The predicted octanol–water partition coefficient (Wildman–Crippen LogP) is 2.01. The molecule has 0 N–H and O–H groups in total. The van der Waals surface area contributed by atoms with Gasteiger partial charge in [-0.2, -0.15) is 0 Å². The maximum absolute atomic E-state index is 11.9. The summed E-state index contributed by atoms with van der Waals surface area (Å²) in [6, 6.07) is 1.73. The molecule has 16 heavy (non-hydrogen) atoms. The van der Waals surface area contributed by atoms with Crippen LogP contribution in [0.15, 0.2) is 6.07 Å². The van der Waals surface area contributed by atoms with Crippen LogP contribution < -0.4 is 9.47 Å². The Morgan fingerprint density at radius 3 is 2.62 bits per heavy atom. The summed E-state index contributed by atoms with van der Waals surface area (Å²) < 4.78 is 10.4. The van der Waals surface area contributed by atoms with Crippen molar-refractivity contribution >= 4 is 5.78 Å². The summed E-state index contributed by atoms with van der Waals surface area (Å²) in [6.07, 6.45) is 3.33. The number of carbonyl (C=O) groups excluding carboxylic acids is 1. The number of fused-ring (bicyclic) bond motifs is 1. The molecule has 1 aromatic rings. The monoisotopic (exact) mass is 221 g/mol. The van der Waals surface area contributed by atoms with E-state index in [1.54, 1.807) is 13.2 Å². The van der Waals surface area contributed by atoms with E-state index in [9.17, 15) is 4.79 Å². The average molecular weight is 221 g/mol. The second-order valence-electron chi connectivity index (χ2n) is 3.82. The highest BCUT2D eigenvalue weighted by Gasteiger charge is 2.21. The fourth-order valence-corrected chi connectivity index (χ4v) is 1.99. The molecule has 0 saturated heterocycles. The van der Waals surface area contributed by atoms with E-state index in [0.717, 1.165) is 24.8 Å². The lowest BCUT2D eigenvalue weighted by molar-refractivity contribution is 0.0976. The van der Waals surface area contributed by atoms with E-state index >= 15 is 0 Å². The minimum absolute atomic E-state index is 0.0877. The molecule has 0 fully saturated rings. The summed E-state index contributed by atoms with van der Waals surface area (Å²) in [6.45, 7) is 0. The highest BCUT2D eigenvalue weighted by molar-refractivity contribution is 5.96. The minimum Gasteiger partial charge on any atom is -0.496 e. The smallest absolute Gasteiger partial charge is 0.217 e. The number of aromatic nitrogens is 1. The van der Waals surface area contributed by atoms with Gasteiger partial charge in [-0.25, -0.2) is 4.98 Å². The van der Waals surface area contributed by atoms with Crippen LogP contribution in [-0.2, 0) is 6.42 Å². The Hall–Kier alpha value is -1.58.